The molecule has 0 bridgehead atoms. The van der Waals surface area contributed by atoms with Crippen LogP contribution in [0.3, 0.4) is 0 Å². The number of carbonyl (C=O) groups excluding carboxylic acids is 1. The number of nitrogens with zero attached hydrogens (tertiary/aromatic N) is 1. The van der Waals surface area contributed by atoms with Gasteiger partial charge in [0, 0.05) is 17.8 Å². The lowest BCUT2D eigenvalue weighted by Crippen LogP contribution is -2.43. The van der Waals surface area contributed by atoms with E-state index in [2.05, 4.69) is 39.9 Å². The van der Waals surface area contributed by atoms with Gasteiger partial charge in [0.25, 0.3) is 0 Å². The average molecular weight is 413 g/mol. The van der Waals surface area contributed by atoms with Crippen LogP contribution >= 0.6 is 11.3 Å². The molecule has 1 atom stereocenters. The van der Waals surface area contributed by atoms with Crippen LogP contribution in [0.15, 0.2) is 47.8 Å². The van der Waals surface area contributed by atoms with E-state index in [0.717, 1.165) is 18.5 Å². The summed E-state index contributed by atoms with van der Waals surface area (Å²) < 4.78 is 11.9. The Bertz CT molecular complexity index is 970. The normalized spacial score (nSPS) is 12.2. The second kappa shape index (κ2) is 9.76. The fraction of sp³-hybridized carbons (Fsp3) is 0.348. The van der Waals surface area contributed by atoms with E-state index in [9.17, 15) is 4.79 Å². The molecule has 0 fully saturated rings. The van der Waals surface area contributed by atoms with Crippen LogP contribution < -0.4 is 14.8 Å². The van der Waals surface area contributed by atoms with E-state index in [4.69, 9.17) is 9.47 Å². The Morgan fingerprint density at radius 3 is 2.66 bits per heavy atom. The molecular weight excluding hydrogens is 384 g/mol. The number of rotatable bonds is 9. The van der Waals surface area contributed by atoms with Gasteiger partial charge in [-0.25, -0.2) is 0 Å². The van der Waals surface area contributed by atoms with Crippen LogP contribution in [0.25, 0.3) is 10.1 Å². The van der Waals surface area contributed by atoms with E-state index >= 15 is 0 Å². The fourth-order valence-corrected chi connectivity index (χ4v) is 4.23. The van der Waals surface area contributed by atoms with Crippen molar-refractivity contribution in [1.29, 1.82) is 0 Å². The molecular formula is C23H28N2O3S. The van der Waals surface area contributed by atoms with E-state index in [0.29, 0.717) is 18.0 Å². The van der Waals surface area contributed by atoms with Crippen molar-refractivity contribution < 1.29 is 14.3 Å². The minimum absolute atomic E-state index is 0.0347. The first-order valence-corrected chi connectivity index (χ1v) is 10.6. The number of nitrogens with one attached hydrogen (secondary N) is 1. The Morgan fingerprint density at radius 2 is 1.90 bits per heavy atom. The molecule has 0 aliphatic rings. The largest absolute Gasteiger partial charge is 0.493 e. The summed E-state index contributed by atoms with van der Waals surface area (Å²) in [7, 11) is 5.23. The van der Waals surface area contributed by atoms with Crippen molar-refractivity contribution in [2.75, 3.05) is 27.8 Å². The third-order valence-corrected chi connectivity index (χ3v) is 6.19. The zero-order valence-electron chi connectivity index (χ0n) is 17.4. The third kappa shape index (κ3) is 5.08. The second-order valence-electron chi connectivity index (χ2n) is 7.08. The first-order chi connectivity index (χ1) is 14.0. The van der Waals surface area contributed by atoms with Crippen LogP contribution in [-0.2, 0) is 17.8 Å². The highest BCUT2D eigenvalue weighted by atomic mass is 32.1. The first-order valence-electron chi connectivity index (χ1n) is 9.67. The Kier molecular flexibility index (Phi) is 7.12. The van der Waals surface area contributed by atoms with Gasteiger partial charge < -0.3 is 14.8 Å². The van der Waals surface area contributed by atoms with Crippen molar-refractivity contribution >= 4 is 27.3 Å². The Hall–Kier alpha value is -2.57. The molecule has 6 heteroatoms. The van der Waals surface area contributed by atoms with Crippen LogP contribution in [0.1, 0.15) is 18.1 Å². The SMILES string of the molecule is COc1ccc(CCNC(=O)C(C)N(C)Cc2csc3ccccc23)cc1OC. The van der Waals surface area contributed by atoms with Gasteiger partial charge in [-0.1, -0.05) is 24.3 Å². The van der Waals surface area contributed by atoms with E-state index in [1.54, 1.807) is 25.6 Å². The maximum absolute atomic E-state index is 12.6. The van der Waals surface area contributed by atoms with Crippen LogP contribution in [0, 0.1) is 0 Å². The predicted molar refractivity (Wildman–Crippen MR) is 119 cm³/mol. The summed E-state index contributed by atoms with van der Waals surface area (Å²) in [6, 6.07) is 14.0. The molecule has 0 radical (unpaired) electrons. The molecule has 1 amide bonds. The topological polar surface area (TPSA) is 50.8 Å². The minimum Gasteiger partial charge on any atom is -0.493 e. The summed E-state index contributed by atoms with van der Waals surface area (Å²) in [6.45, 7) is 3.27. The molecule has 1 N–H and O–H groups in total. The van der Waals surface area contributed by atoms with Crippen LogP contribution in [0.4, 0.5) is 0 Å². The minimum atomic E-state index is -0.209. The molecule has 3 aromatic rings. The Labute approximate surface area is 176 Å². The van der Waals surface area contributed by atoms with Crippen molar-refractivity contribution in [3.63, 3.8) is 0 Å². The van der Waals surface area contributed by atoms with Gasteiger partial charge in [0.15, 0.2) is 11.5 Å². The highest BCUT2D eigenvalue weighted by molar-refractivity contribution is 7.17. The maximum atomic E-state index is 12.6. The van der Waals surface area contributed by atoms with E-state index < -0.39 is 0 Å². The quantitative estimate of drug-likeness (QED) is 0.575. The zero-order valence-corrected chi connectivity index (χ0v) is 18.2. The second-order valence-corrected chi connectivity index (χ2v) is 7.99. The van der Waals surface area contributed by atoms with E-state index in [1.165, 1.54) is 15.6 Å². The van der Waals surface area contributed by atoms with E-state index in [1.807, 2.05) is 32.2 Å². The molecule has 3 rings (SSSR count). The molecule has 2 aromatic carbocycles. The Morgan fingerprint density at radius 1 is 1.14 bits per heavy atom. The molecule has 1 aromatic heterocycles. The van der Waals surface area contributed by atoms with Crippen molar-refractivity contribution in [2.24, 2.45) is 0 Å². The summed E-state index contributed by atoms with van der Waals surface area (Å²) in [5, 5.41) is 6.50. The lowest BCUT2D eigenvalue weighted by atomic mass is 10.1. The number of hydrogen-bond acceptors (Lipinski definition) is 5. The van der Waals surface area contributed by atoms with Crippen LogP contribution in [-0.4, -0.2) is 44.7 Å². The maximum Gasteiger partial charge on any atom is 0.237 e. The number of ether oxygens (including phenoxy) is 2. The summed E-state index contributed by atoms with van der Waals surface area (Å²) >= 11 is 1.75. The molecule has 1 unspecified atom stereocenters. The summed E-state index contributed by atoms with van der Waals surface area (Å²) in [5.41, 5.74) is 2.35. The lowest BCUT2D eigenvalue weighted by molar-refractivity contribution is -0.125. The highest BCUT2D eigenvalue weighted by Gasteiger charge is 2.19. The van der Waals surface area contributed by atoms with Crippen molar-refractivity contribution in [1.82, 2.24) is 10.2 Å². The molecule has 0 aliphatic heterocycles. The fourth-order valence-electron chi connectivity index (χ4n) is 3.27. The van der Waals surface area contributed by atoms with Gasteiger partial charge in [0.2, 0.25) is 5.91 Å². The number of likely N-dealkylation sites (N-methyl/N-ethyl adjacent to an activating group) is 1. The van der Waals surface area contributed by atoms with E-state index in [-0.39, 0.29) is 11.9 Å². The van der Waals surface area contributed by atoms with Gasteiger partial charge in [-0.3, -0.25) is 9.69 Å². The van der Waals surface area contributed by atoms with Gasteiger partial charge in [-0.2, -0.15) is 0 Å². The number of hydrogen-bond donors (Lipinski definition) is 1. The molecule has 5 nitrogen and oxygen atoms in total. The molecule has 0 saturated heterocycles. The number of carbonyl (C=O) groups is 1. The molecule has 1 heterocycles. The van der Waals surface area contributed by atoms with Gasteiger partial charge >= 0.3 is 0 Å². The number of amides is 1. The summed E-state index contributed by atoms with van der Waals surface area (Å²) in [4.78, 5) is 14.7. The van der Waals surface area contributed by atoms with Crippen molar-refractivity contribution in [2.45, 2.75) is 25.9 Å². The number of benzene rings is 2. The third-order valence-electron chi connectivity index (χ3n) is 5.18. The van der Waals surface area contributed by atoms with Gasteiger partial charge in [-0.05, 0) is 60.5 Å². The number of thiophene rings is 1. The molecule has 29 heavy (non-hydrogen) atoms. The smallest absolute Gasteiger partial charge is 0.237 e. The number of methoxy groups -OCH3 is 2. The Balaban J connectivity index is 1.52. The van der Waals surface area contributed by atoms with Gasteiger partial charge in [-0.15, -0.1) is 11.3 Å². The highest BCUT2D eigenvalue weighted by Crippen LogP contribution is 2.28. The van der Waals surface area contributed by atoms with Crippen LogP contribution in [0.5, 0.6) is 11.5 Å². The molecule has 0 saturated carbocycles. The summed E-state index contributed by atoms with van der Waals surface area (Å²) in [6.07, 6.45) is 0.734. The molecule has 0 spiro atoms. The average Bonchev–Trinajstić information content (AvgIpc) is 3.15. The van der Waals surface area contributed by atoms with Gasteiger partial charge in [0.1, 0.15) is 0 Å². The summed E-state index contributed by atoms with van der Waals surface area (Å²) in [5.74, 6) is 1.44. The standard InChI is InChI=1S/C23H28N2O3S/c1-16(25(2)14-18-15-29-22-8-6-5-7-19(18)22)23(26)24-12-11-17-9-10-20(27-3)21(13-17)28-4/h5-10,13,15-16H,11-12,14H2,1-4H3,(H,24,26). The number of fused-ring (bicyclic) bond motifs is 1. The molecule has 154 valence electrons. The monoisotopic (exact) mass is 412 g/mol. The first kappa shape index (κ1) is 21.1. The zero-order chi connectivity index (χ0) is 20.8. The lowest BCUT2D eigenvalue weighted by Gasteiger charge is -2.23. The van der Waals surface area contributed by atoms with Crippen molar-refractivity contribution in [3.05, 3.63) is 59.0 Å². The van der Waals surface area contributed by atoms with Crippen molar-refractivity contribution in [3.8, 4) is 11.5 Å². The predicted octanol–water partition coefficient (Wildman–Crippen LogP) is 4.10. The van der Waals surface area contributed by atoms with Crippen LogP contribution in [0.2, 0.25) is 0 Å². The van der Waals surface area contributed by atoms with Gasteiger partial charge in [0.05, 0.1) is 20.3 Å². The molecule has 0 aliphatic carbocycles.